The van der Waals surface area contributed by atoms with E-state index in [0.717, 1.165) is 53.3 Å². The number of aromatic amines is 2. The lowest BCUT2D eigenvalue weighted by Crippen LogP contribution is -2.43. The number of nitrogens with one attached hydrogen (secondary N) is 3. The highest BCUT2D eigenvalue weighted by molar-refractivity contribution is 7.13. The number of rotatable bonds is 4. The predicted octanol–water partition coefficient (Wildman–Crippen LogP) is 3.42. The second-order valence-corrected chi connectivity index (χ2v) is 8.68. The summed E-state index contributed by atoms with van der Waals surface area (Å²) in [5, 5.41) is 34.8. The Hall–Kier alpha value is -4.07. The van der Waals surface area contributed by atoms with E-state index in [1.807, 2.05) is 17.5 Å². The maximum atomic E-state index is 10.2. The number of hydrogen-bond acceptors (Lipinski definition) is 8. The first-order valence-corrected chi connectivity index (χ1v) is 11.5. The Kier molecular flexibility index (Phi) is 4.83. The van der Waals surface area contributed by atoms with Gasteiger partial charge >= 0.3 is 0 Å². The van der Waals surface area contributed by atoms with Crippen molar-refractivity contribution in [3.8, 4) is 39.2 Å². The van der Waals surface area contributed by atoms with Crippen LogP contribution in [0.1, 0.15) is 5.56 Å². The zero-order chi connectivity index (χ0) is 22.2. The van der Waals surface area contributed by atoms with Gasteiger partial charge in [0.25, 0.3) is 0 Å². The fourth-order valence-electron chi connectivity index (χ4n) is 4.32. The summed E-state index contributed by atoms with van der Waals surface area (Å²) in [6.45, 7) is 3.91. The van der Waals surface area contributed by atoms with Crippen molar-refractivity contribution >= 4 is 28.1 Å². The molecule has 0 radical (unpaired) electrons. The predicted molar refractivity (Wildman–Crippen MR) is 128 cm³/mol. The summed E-state index contributed by atoms with van der Waals surface area (Å²) >= 11 is 1.61. The molecule has 3 N–H and O–H groups in total. The van der Waals surface area contributed by atoms with Gasteiger partial charge in [0.15, 0.2) is 5.65 Å². The number of H-pyrrole nitrogens is 2. The van der Waals surface area contributed by atoms with Crippen LogP contribution in [0.15, 0.2) is 48.0 Å². The summed E-state index contributed by atoms with van der Waals surface area (Å²) in [7, 11) is 0. The number of pyridine rings is 1. The minimum Gasteiger partial charge on any atom is -0.369 e. The lowest BCUT2D eigenvalue weighted by molar-refractivity contribution is 0.589. The number of aromatic nitrogens is 6. The summed E-state index contributed by atoms with van der Waals surface area (Å²) in [5.41, 5.74) is 5.72. The Morgan fingerprint density at radius 1 is 1.06 bits per heavy atom. The van der Waals surface area contributed by atoms with Crippen molar-refractivity contribution in [1.82, 2.24) is 35.9 Å². The largest absolute Gasteiger partial charge is 0.369 e. The molecule has 33 heavy (non-hydrogen) atoms. The maximum Gasteiger partial charge on any atom is 0.182 e. The minimum absolute atomic E-state index is 0.450. The second-order valence-electron chi connectivity index (χ2n) is 7.74. The fraction of sp³-hybridized carbons (Fsp3) is 0.174. The van der Waals surface area contributed by atoms with Crippen LogP contribution >= 0.6 is 11.3 Å². The van der Waals surface area contributed by atoms with Crippen molar-refractivity contribution in [2.75, 3.05) is 31.1 Å². The number of benzene rings is 1. The van der Waals surface area contributed by atoms with E-state index >= 15 is 0 Å². The Morgan fingerprint density at radius 2 is 1.91 bits per heavy atom. The third-order valence-corrected chi connectivity index (χ3v) is 6.76. The number of thiophene rings is 1. The lowest BCUT2D eigenvalue weighted by atomic mass is 9.94. The van der Waals surface area contributed by atoms with Crippen LogP contribution in [0.5, 0.6) is 0 Å². The van der Waals surface area contributed by atoms with Crippen molar-refractivity contribution in [1.29, 1.82) is 5.26 Å². The third-order valence-electron chi connectivity index (χ3n) is 5.88. The second kappa shape index (κ2) is 8.12. The molecular formula is C23H19N9S. The van der Waals surface area contributed by atoms with Gasteiger partial charge in [-0.15, -0.1) is 11.3 Å². The molecule has 0 spiro atoms. The van der Waals surface area contributed by atoms with Crippen molar-refractivity contribution in [3.05, 3.63) is 53.5 Å². The smallest absolute Gasteiger partial charge is 0.182 e. The van der Waals surface area contributed by atoms with E-state index in [1.54, 1.807) is 17.5 Å². The average molecular weight is 454 g/mol. The van der Waals surface area contributed by atoms with E-state index in [0.29, 0.717) is 22.6 Å². The van der Waals surface area contributed by atoms with Crippen molar-refractivity contribution < 1.29 is 0 Å². The third kappa shape index (κ3) is 3.34. The van der Waals surface area contributed by atoms with E-state index in [4.69, 9.17) is 4.98 Å². The Labute approximate surface area is 193 Å². The summed E-state index contributed by atoms with van der Waals surface area (Å²) in [6.07, 6.45) is 1.57. The van der Waals surface area contributed by atoms with Crippen molar-refractivity contribution in [2.45, 2.75) is 0 Å². The monoisotopic (exact) mass is 453 g/mol. The SMILES string of the molecule is N#Cc1c(-c2cn[nH]n2)nc2n[nH]c(-c3cccs3)c2c1-c1ccc(N2CCNCC2)cc1. The number of piperazine rings is 1. The van der Waals surface area contributed by atoms with Gasteiger partial charge in [0.1, 0.15) is 17.5 Å². The van der Waals surface area contributed by atoms with Gasteiger partial charge in [-0.2, -0.15) is 25.8 Å². The first-order chi connectivity index (χ1) is 16.3. The first-order valence-electron chi connectivity index (χ1n) is 10.6. The van der Waals surface area contributed by atoms with E-state index < -0.39 is 0 Å². The summed E-state index contributed by atoms with van der Waals surface area (Å²) in [6, 6.07) is 14.8. The van der Waals surface area contributed by atoms with Crippen LogP contribution in [0.3, 0.4) is 0 Å². The molecule has 1 aliphatic rings. The lowest BCUT2D eigenvalue weighted by Gasteiger charge is -2.29. The molecule has 1 aromatic carbocycles. The molecule has 0 bridgehead atoms. The molecule has 1 saturated heterocycles. The quantitative estimate of drug-likeness (QED) is 0.381. The van der Waals surface area contributed by atoms with Crippen LogP contribution in [0.4, 0.5) is 5.69 Å². The van der Waals surface area contributed by atoms with Gasteiger partial charge in [0, 0.05) is 37.4 Å². The average Bonchev–Trinajstić information content (AvgIpc) is 3.65. The van der Waals surface area contributed by atoms with Crippen LogP contribution in [0.2, 0.25) is 0 Å². The van der Waals surface area contributed by atoms with E-state index in [2.05, 4.69) is 66.2 Å². The molecule has 4 aromatic heterocycles. The van der Waals surface area contributed by atoms with Gasteiger partial charge < -0.3 is 10.2 Å². The van der Waals surface area contributed by atoms with Crippen molar-refractivity contribution in [2.24, 2.45) is 0 Å². The van der Waals surface area contributed by atoms with Gasteiger partial charge in [-0.3, -0.25) is 5.10 Å². The van der Waals surface area contributed by atoms with Gasteiger partial charge in [0.05, 0.1) is 27.7 Å². The Bertz CT molecular complexity index is 1440. The molecule has 0 saturated carbocycles. The minimum atomic E-state index is 0.450. The molecule has 5 aromatic rings. The number of fused-ring (bicyclic) bond motifs is 1. The standard InChI is InChI=1S/C23H19N9S/c24-12-16-19(14-3-5-15(6-4-14)32-9-7-25-8-10-32)20-22(18-2-1-11-33-18)29-30-23(20)27-21(16)17-13-26-31-28-17/h1-6,11,13,25H,7-10H2,(H,26,28,31)(H,27,29,30). The van der Waals surface area contributed by atoms with E-state index in [-0.39, 0.29) is 0 Å². The normalized spacial score (nSPS) is 14.0. The topological polar surface area (TPSA) is 122 Å². The summed E-state index contributed by atoms with van der Waals surface area (Å²) < 4.78 is 0. The molecule has 0 unspecified atom stereocenters. The number of nitriles is 1. The Morgan fingerprint density at radius 3 is 2.61 bits per heavy atom. The summed E-state index contributed by atoms with van der Waals surface area (Å²) in [5.74, 6) is 0. The Balaban J connectivity index is 1.59. The molecule has 0 aliphatic carbocycles. The molecule has 162 valence electrons. The number of anilines is 1. The molecule has 0 amide bonds. The first kappa shape index (κ1) is 19.6. The zero-order valence-electron chi connectivity index (χ0n) is 17.5. The molecule has 5 heterocycles. The maximum absolute atomic E-state index is 10.2. The number of nitrogens with zero attached hydrogens (tertiary/aromatic N) is 6. The van der Waals surface area contributed by atoms with Gasteiger partial charge in [-0.05, 0) is 29.1 Å². The summed E-state index contributed by atoms with van der Waals surface area (Å²) in [4.78, 5) is 8.10. The highest BCUT2D eigenvalue weighted by Gasteiger charge is 2.24. The van der Waals surface area contributed by atoms with Crippen LogP contribution in [-0.4, -0.2) is 56.8 Å². The van der Waals surface area contributed by atoms with Crippen LogP contribution in [0.25, 0.3) is 44.1 Å². The number of hydrogen-bond donors (Lipinski definition) is 3. The molecule has 10 heteroatoms. The molecular weight excluding hydrogens is 434 g/mol. The molecule has 1 aliphatic heterocycles. The van der Waals surface area contributed by atoms with Crippen LogP contribution in [0, 0.1) is 11.3 Å². The highest BCUT2D eigenvalue weighted by Crippen LogP contribution is 2.41. The van der Waals surface area contributed by atoms with E-state index in [9.17, 15) is 5.26 Å². The van der Waals surface area contributed by atoms with Crippen LogP contribution in [-0.2, 0) is 0 Å². The van der Waals surface area contributed by atoms with Gasteiger partial charge in [-0.25, -0.2) is 4.98 Å². The molecule has 1 fully saturated rings. The van der Waals surface area contributed by atoms with Crippen LogP contribution < -0.4 is 10.2 Å². The van der Waals surface area contributed by atoms with Gasteiger partial charge in [-0.1, -0.05) is 18.2 Å². The molecule has 6 rings (SSSR count). The highest BCUT2D eigenvalue weighted by atomic mass is 32.1. The molecule has 0 atom stereocenters. The molecule has 9 nitrogen and oxygen atoms in total. The zero-order valence-corrected chi connectivity index (χ0v) is 18.4. The fourth-order valence-corrected chi connectivity index (χ4v) is 5.04. The van der Waals surface area contributed by atoms with Crippen molar-refractivity contribution in [3.63, 3.8) is 0 Å². The van der Waals surface area contributed by atoms with Gasteiger partial charge in [0.2, 0.25) is 0 Å². The van der Waals surface area contributed by atoms with E-state index in [1.165, 1.54) is 5.69 Å².